The molecule has 34 heavy (non-hydrogen) atoms. The van der Waals surface area contributed by atoms with Crippen LogP contribution < -0.4 is 4.90 Å². The van der Waals surface area contributed by atoms with Crippen molar-refractivity contribution < 1.29 is 14.4 Å². The molecule has 7 heteroatoms. The number of nitrogens with zero attached hydrogens (tertiary/aromatic N) is 3. The van der Waals surface area contributed by atoms with Gasteiger partial charge in [-0.1, -0.05) is 31.4 Å². The maximum atomic E-state index is 13.5. The third kappa shape index (κ3) is 4.04. The molecule has 2 aromatic rings. The first-order valence-electron chi connectivity index (χ1n) is 12.5. The molecule has 2 aliphatic heterocycles. The van der Waals surface area contributed by atoms with Gasteiger partial charge in [0.05, 0.1) is 28.8 Å². The highest BCUT2D eigenvalue weighted by Gasteiger charge is 2.42. The van der Waals surface area contributed by atoms with Gasteiger partial charge in [0.25, 0.3) is 11.8 Å². The van der Waals surface area contributed by atoms with Gasteiger partial charge in [-0.2, -0.15) is 0 Å². The van der Waals surface area contributed by atoms with Crippen LogP contribution in [0.3, 0.4) is 0 Å². The molecule has 1 aromatic carbocycles. The summed E-state index contributed by atoms with van der Waals surface area (Å²) in [5.74, 6) is -0.321. The normalized spacial score (nSPS) is 22.1. The van der Waals surface area contributed by atoms with Crippen LogP contribution in [-0.2, 0) is 4.79 Å². The van der Waals surface area contributed by atoms with Crippen LogP contribution in [0.5, 0.6) is 0 Å². The number of hydrogen-bond acceptors (Lipinski definition) is 5. The van der Waals surface area contributed by atoms with E-state index in [1.54, 1.807) is 17.4 Å². The second-order valence-electron chi connectivity index (χ2n) is 9.90. The average Bonchev–Trinajstić information content (AvgIpc) is 3.51. The summed E-state index contributed by atoms with van der Waals surface area (Å²) in [5, 5.41) is 1.96. The van der Waals surface area contributed by atoms with Crippen LogP contribution in [-0.4, -0.2) is 53.7 Å². The van der Waals surface area contributed by atoms with E-state index in [9.17, 15) is 14.4 Å². The van der Waals surface area contributed by atoms with Gasteiger partial charge in [-0.05, 0) is 56.2 Å². The van der Waals surface area contributed by atoms with Crippen molar-refractivity contribution in [2.75, 3.05) is 25.0 Å². The zero-order valence-electron chi connectivity index (χ0n) is 20.0. The van der Waals surface area contributed by atoms with Crippen LogP contribution in [0.15, 0.2) is 35.7 Å². The van der Waals surface area contributed by atoms with Gasteiger partial charge in [-0.15, -0.1) is 11.3 Å². The molecule has 5 rings (SSSR count). The molecule has 0 unspecified atom stereocenters. The Morgan fingerprint density at radius 1 is 1.03 bits per heavy atom. The van der Waals surface area contributed by atoms with Crippen molar-refractivity contribution in [3.05, 3.63) is 51.7 Å². The summed E-state index contributed by atoms with van der Waals surface area (Å²) >= 11 is 1.55. The Morgan fingerprint density at radius 2 is 1.82 bits per heavy atom. The summed E-state index contributed by atoms with van der Waals surface area (Å²) in [6.45, 7) is 3.29. The first-order valence-corrected chi connectivity index (χ1v) is 13.4. The number of amides is 3. The zero-order chi connectivity index (χ0) is 23.8. The first kappa shape index (κ1) is 23.1. The summed E-state index contributed by atoms with van der Waals surface area (Å²) in [5.41, 5.74) is 1.75. The highest BCUT2D eigenvalue weighted by atomic mass is 32.1. The Hall–Kier alpha value is -2.67. The summed E-state index contributed by atoms with van der Waals surface area (Å²) in [7, 11) is 1.96. The Labute approximate surface area is 205 Å². The Kier molecular flexibility index (Phi) is 6.47. The predicted molar refractivity (Wildman–Crippen MR) is 134 cm³/mol. The van der Waals surface area contributed by atoms with Gasteiger partial charge < -0.3 is 9.80 Å². The number of hydrogen-bond donors (Lipinski definition) is 0. The largest absolute Gasteiger partial charge is 0.370 e. The van der Waals surface area contributed by atoms with Crippen LogP contribution in [0.1, 0.15) is 83.5 Å². The van der Waals surface area contributed by atoms with E-state index in [1.807, 2.05) is 48.5 Å². The molecule has 2 atom stereocenters. The topological polar surface area (TPSA) is 60.9 Å². The lowest BCUT2D eigenvalue weighted by Crippen LogP contribution is -2.47. The minimum Gasteiger partial charge on any atom is -0.370 e. The molecule has 3 amide bonds. The third-order valence-corrected chi connectivity index (χ3v) is 8.89. The number of fused-ring (bicyclic) bond motifs is 1. The molecule has 1 aliphatic carbocycles. The van der Waals surface area contributed by atoms with E-state index in [0.29, 0.717) is 23.7 Å². The lowest BCUT2D eigenvalue weighted by molar-refractivity contribution is -0.137. The fourth-order valence-corrected chi connectivity index (χ4v) is 6.66. The number of anilines is 1. The van der Waals surface area contributed by atoms with Crippen molar-refractivity contribution in [2.45, 2.75) is 64.0 Å². The monoisotopic (exact) mass is 479 g/mol. The van der Waals surface area contributed by atoms with E-state index in [-0.39, 0.29) is 29.7 Å². The van der Waals surface area contributed by atoms with Crippen molar-refractivity contribution >= 4 is 34.7 Å². The molecular weight excluding hydrogens is 446 g/mol. The van der Waals surface area contributed by atoms with E-state index in [1.165, 1.54) is 24.2 Å². The molecule has 3 aliphatic rings. The van der Waals surface area contributed by atoms with E-state index in [4.69, 9.17) is 0 Å². The van der Waals surface area contributed by atoms with E-state index in [0.717, 1.165) is 42.8 Å². The van der Waals surface area contributed by atoms with Crippen LogP contribution in [0.25, 0.3) is 0 Å². The summed E-state index contributed by atoms with van der Waals surface area (Å²) < 4.78 is 0. The standard InChI is InChI=1S/C27H33N3O3S/c1-18(23-14-8-16-34-23)30-26(32)21-12-6-13-22(24(21)27(30)33)29-15-7-9-19(17-29)25(31)28(2)20-10-4-3-5-11-20/h6,8,12-14,16,18-20H,3-5,7,9-11,15,17H2,1-2H3/t18-,19-/m1/s1. The van der Waals surface area contributed by atoms with Gasteiger partial charge in [-0.25, -0.2) is 0 Å². The molecule has 0 radical (unpaired) electrons. The van der Waals surface area contributed by atoms with Gasteiger partial charge in [-0.3, -0.25) is 19.3 Å². The SMILES string of the molecule is C[C@H](c1cccs1)N1C(=O)c2cccc(N3CCC[C@@H](C(=O)N(C)C4CCCCC4)C3)c2C1=O. The van der Waals surface area contributed by atoms with E-state index >= 15 is 0 Å². The number of thiophene rings is 1. The maximum Gasteiger partial charge on any atom is 0.264 e. The number of benzene rings is 1. The molecule has 180 valence electrons. The minimum absolute atomic E-state index is 0.0788. The Balaban J connectivity index is 1.37. The van der Waals surface area contributed by atoms with Gasteiger partial charge in [0.1, 0.15) is 0 Å². The van der Waals surface area contributed by atoms with Gasteiger partial charge in [0, 0.05) is 31.1 Å². The molecule has 2 fully saturated rings. The molecule has 1 saturated carbocycles. The summed E-state index contributed by atoms with van der Waals surface area (Å²) in [4.78, 5) is 46.7. The van der Waals surface area contributed by atoms with Crippen molar-refractivity contribution in [3.63, 3.8) is 0 Å². The average molecular weight is 480 g/mol. The highest BCUT2D eigenvalue weighted by molar-refractivity contribution is 7.10. The van der Waals surface area contributed by atoms with E-state index < -0.39 is 0 Å². The maximum absolute atomic E-state index is 13.5. The van der Waals surface area contributed by atoms with Crippen LogP contribution >= 0.6 is 11.3 Å². The molecular formula is C27H33N3O3S. The van der Waals surface area contributed by atoms with Crippen LogP contribution in [0.2, 0.25) is 0 Å². The summed E-state index contributed by atoms with van der Waals surface area (Å²) in [6.07, 6.45) is 7.63. The van der Waals surface area contributed by atoms with Crippen LogP contribution in [0, 0.1) is 5.92 Å². The zero-order valence-corrected chi connectivity index (χ0v) is 20.9. The molecule has 3 heterocycles. The summed E-state index contributed by atoms with van der Waals surface area (Å²) in [6, 6.07) is 9.49. The first-order chi connectivity index (χ1) is 16.5. The van der Waals surface area contributed by atoms with Crippen molar-refractivity contribution in [2.24, 2.45) is 5.92 Å². The molecule has 0 bridgehead atoms. The number of piperidine rings is 1. The lowest BCUT2D eigenvalue weighted by atomic mass is 9.91. The fourth-order valence-electron chi connectivity index (χ4n) is 5.89. The third-order valence-electron chi connectivity index (χ3n) is 7.85. The molecule has 6 nitrogen and oxygen atoms in total. The second kappa shape index (κ2) is 9.53. The second-order valence-corrected chi connectivity index (χ2v) is 10.9. The number of carbonyl (C=O) groups is 3. The molecule has 0 N–H and O–H groups in total. The Bertz CT molecular complexity index is 1080. The van der Waals surface area contributed by atoms with Gasteiger partial charge in [0.2, 0.25) is 5.91 Å². The van der Waals surface area contributed by atoms with Crippen molar-refractivity contribution in [3.8, 4) is 0 Å². The number of imide groups is 1. The number of rotatable bonds is 5. The highest BCUT2D eigenvalue weighted by Crippen LogP contribution is 2.38. The molecule has 1 saturated heterocycles. The van der Waals surface area contributed by atoms with E-state index in [2.05, 4.69) is 4.90 Å². The quantitative estimate of drug-likeness (QED) is 0.559. The Morgan fingerprint density at radius 3 is 2.56 bits per heavy atom. The predicted octanol–water partition coefficient (Wildman–Crippen LogP) is 5.11. The number of carbonyl (C=O) groups excluding carboxylic acids is 3. The smallest absolute Gasteiger partial charge is 0.264 e. The van der Waals surface area contributed by atoms with Gasteiger partial charge in [0.15, 0.2) is 0 Å². The fraction of sp³-hybridized carbons (Fsp3) is 0.519. The van der Waals surface area contributed by atoms with Gasteiger partial charge >= 0.3 is 0 Å². The lowest BCUT2D eigenvalue weighted by Gasteiger charge is -2.38. The van der Waals surface area contributed by atoms with Crippen molar-refractivity contribution in [1.82, 2.24) is 9.80 Å². The minimum atomic E-state index is -0.305. The van der Waals surface area contributed by atoms with Crippen LogP contribution in [0.4, 0.5) is 5.69 Å². The van der Waals surface area contributed by atoms with Crippen molar-refractivity contribution in [1.29, 1.82) is 0 Å². The molecule has 1 aromatic heterocycles. The molecule has 0 spiro atoms.